The molecule has 0 saturated heterocycles. The normalized spacial score (nSPS) is 24.2. The van der Waals surface area contributed by atoms with Crippen LogP contribution in [0.15, 0.2) is 29.3 Å². The van der Waals surface area contributed by atoms with Gasteiger partial charge in [-0.1, -0.05) is 31.0 Å². The molecule has 1 saturated carbocycles. The number of aliphatic hydroxyl groups is 1. The summed E-state index contributed by atoms with van der Waals surface area (Å²) in [6.07, 6.45) is 4.66. The van der Waals surface area contributed by atoms with E-state index < -0.39 is 5.60 Å². The Kier molecular flexibility index (Phi) is 4.01. The maximum absolute atomic E-state index is 10.3. The van der Waals surface area contributed by atoms with Crippen LogP contribution in [0.4, 0.5) is 0 Å². The summed E-state index contributed by atoms with van der Waals surface area (Å²) in [4.78, 5) is 4.34. The second-order valence-electron chi connectivity index (χ2n) is 6.00. The van der Waals surface area contributed by atoms with Crippen molar-refractivity contribution in [1.29, 1.82) is 0 Å². The average molecular weight is 289 g/mol. The van der Waals surface area contributed by atoms with Crippen molar-refractivity contribution in [2.75, 3.05) is 13.2 Å². The summed E-state index contributed by atoms with van der Waals surface area (Å²) in [7, 11) is 0. The summed E-state index contributed by atoms with van der Waals surface area (Å²) < 4.78 is 5.63. The fraction of sp³-hybridized carbons (Fsp3) is 0.562. The Hall–Kier alpha value is -1.75. The third kappa shape index (κ3) is 3.29. The van der Waals surface area contributed by atoms with Gasteiger partial charge in [0, 0.05) is 12.0 Å². The van der Waals surface area contributed by atoms with Crippen LogP contribution in [0.2, 0.25) is 0 Å². The van der Waals surface area contributed by atoms with Crippen LogP contribution < -0.4 is 15.8 Å². The standard InChI is InChI=1S/C16H23N3O2/c17-15(18-11-16(20)8-3-4-9-16)19-13-7-10-21-14-6-2-1-5-12(13)14/h1-2,5-6,13,20H,3-4,7-11H2,(H3,17,18,19). The third-order valence-corrected chi connectivity index (χ3v) is 4.36. The quantitative estimate of drug-likeness (QED) is 0.585. The highest BCUT2D eigenvalue weighted by atomic mass is 16.5. The number of nitrogens with two attached hydrogens (primary N) is 1. The number of hydrogen-bond donors (Lipinski definition) is 3. The molecule has 1 aromatic carbocycles. The SMILES string of the molecule is NC(=NCC1(O)CCCC1)NC1CCOc2ccccc21. The van der Waals surface area contributed by atoms with E-state index in [1.165, 1.54) is 0 Å². The molecule has 21 heavy (non-hydrogen) atoms. The fourth-order valence-corrected chi connectivity index (χ4v) is 3.14. The number of fused-ring (bicyclic) bond motifs is 1. The fourth-order valence-electron chi connectivity index (χ4n) is 3.14. The summed E-state index contributed by atoms with van der Waals surface area (Å²) in [6, 6.07) is 8.10. The highest BCUT2D eigenvalue weighted by Crippen LogP contribution is 2.32. The van der Waals surface area contributed by atoms with Gasteiger partial charge in [-0.2, -0.15) is 0 Å². The first-order chi connectivity index (χ1) is 10.2. The van der Waals surface area contributed by atoms with Crippen LogP contribution in [0.3, 0.4) is 0 Å². The smallest absolute Gasteiger partial charge is 0.189 e. The highest BCUT2D eigenvalue weighted by Gasteiger charge is 2.31. The zero-order chi connectivity index (χ0) is 14.7. The minimum Gasteiger partial charge on any atom is -0.493 e. The number of benzene rings is 1. The summed E-state index contributed by atoms with van der Waals surface area (Å²) >= 11 is 0. The Morgan fingerprint density at radius 2 is 2.14 bits per heavy atom. The number of hydrogen-bond acceptors (Lipinski definition) is 3. The van der Waals surface area contributed by atoms with Crippen molar-refractivity contribution >= 4 is 5.96 Å². The van der Waals surface area contributed by atoms with Crippen molar-refractivity contribution in [1.82, 2.24) is 5.32 Å². The first-order valence-corrected chi connectivity index (χ1v) is 7.67. The summed E-state index contributed by atoms with van der Waals surface area (Å²) in [6.45, 7) is 1.06. The van der Waals surface area contributed by atoms with Gasteiger partial charge in [-0.25, -0.2) is 0 Å². The van der Waals surface area contributed by atoms with E-state index in [1.54, 1.807) is 0 Å². The molecule has 1 fully saturated rings. The van der Waals surface area contributed by atoms with Crippen LogP contribution in [0, 0.1) is 0 Å². The lowest BCUT2D eigenvalue weighted by Gasteiger charge is -2.27. The van der Waals surface area contributed by atoms with Crippen LogP contribution >= 0.6 is 0 Å². The van der Waals surface area contributed by atoms with E-state index in [0.29, 0.717) is 19.1 Å². The summed E-state index contributed by atoms with van der Waals surface area (Å²) in [5.41, 5.74) is 6.45. The number of ether oxygens (including phenoxy) is 1. The molecule has 0 aromatic heterocycles. The second kappa shape index (κ2) is 5.93. The van der Waals surface area contributed by atoms with Gasteiger partial charge in [-0.15, -0.1) is 0 Å². The largest absolute Gasteiger partial charge is 0.493 e. The van der Waals surface area contributed by atoms with Crippen molar-refractivity contribution < 1.29 is 9.84 Å². The maximum atomic E-state index is 10.3. The second-order valence-corrected chi connectivity index (χ2v) is 6.00. The molecule has 0 spiro atoms. The van der Waals surface area contributed by atoms with Crippen LogP contribution in [-0.2, 0) is 0 Å². The van der Waals surface area contributed by atoms with Gasteiger partial charge in [0.15, 0.2) is 5.96 Å². The number of rotatable bonds is 3. The lowest BCUT2D eigenvalue weighted by Crippen LogP contribution is -2.39. The minimum absolute atomic E-state index is 0.122. The molecule has 1 aliphatic heterocycles. The van der Waals surface area contributed by atoms with Gasteiger partial charge >= 0.3 is 0 Å². The van der Waals surface area contributed by atoms with E-state index in [-0.39, 0.29) is 6.04 Å². The minimum atomic E-state index is -0.653. The van der Waals surface area contributed by atoms with Crippen LogP contribution in [0.1, 0.15) is 43.7 Å². The van der Waals surface area contributed by atoms with E-state index in [2.05, 4.69) is 10.3 Å². The van der Waals surface area contributed by atoms with E-state index in [0.717, 1.165) is 43.4 Å². The van der Waals surface area contributed by atoms with Gasteiger partial charge in [-0.05, 0) is 18.9 Å². The van der Waals surface area contributed by atoms with Crippen molar-refractivity contribution in [3.8, 4) is 5.75 Å². The van der Waals surface area contributed by atoms with E-state index in [1.807, 2.05) is 24.3 Å². The molecule has 0 radical (unpaired) electrons. The Balaban J connectivity index is 1.64. The molecule has 114 valence electrons. The third-order valence-electron chi connectivity index (χ3n) is 4.36. The van der Waals surface area contributed by atoms with Gasteiger partial charge in [0.05, 0.1) is 24.8 Å². The van der Waals surface area contributed by atoms with E-state index >= 15 is 0 Å². The molecular formula is C16H23N3O2. The van der Waals surface area contributed by atoms with Crippen molar-refractivity contribution in [3.63, 3.8) is 0 Å². The molecule has 0 amide bonds. The Morgan fingerprint density at radius 3 is 2.95 bits per heavy atom. The van der Waals surface area contributed by atoms with Gasteiger partial charge in [-0.3, -0.25) is 4.99 Å². The van der Waals surface area contributed by atoms with Gasteiger partial charge in [0.25, 0.3) is 0 Å². The van der Waals surface area contributed by atoms with E-state index in [9.17, 15) is 5.11 Å². The molecule has 1 unspecified atom stereocenters. The highest BCUT2D eigenvalue weighted by molar-refractivity contribution is 5.78. The molecule has 5 heteroatoms. The lowest BCUT2D eigenvalue weighted by molar-refractivity contribution is 0.0574. The Labute approximate surface area is 125 Å². The van der Waals surface area contributed by atoms with Gasteiger partial charge in [0.2, 0.25) is 0 Å². The summed E-state index contributed by atoms with van der Waals surface area (Å²) in [5, 5.41) is 13.5. The number of guanidine groups is 1. The topological polar surface area (TPSA) is 79.9 Å². The van der Waals surface area contributed by atoms with Crippen molar-refractivity contribution in [3.05, 3.63) is 29.8 Å². The number of para-hydroxylation sites is 1. The first-order valence-electron chi connectivity index (χ1n) is 7.67. The number of nitrogens with one attached hydrogen (secondary N) is 1. The molecule has 1 aromatic rings. The van der Waals surface area contributed by atoms with Crippen LogP contribution in [0.5, 0.6) is 5.75 Å². The predicted molar refractivity (Wildman–Crippen MR) is 82.3 cm³/mol. The van der Waals surface area contributed by atoms with Crippen molar-refractivity contribution in [2.24, 2.45) is 10.7 Å². The van der Waals surface area contributed by atoms with Crippen LogP contribution in [0.25, 0.3) is 0 Å². The van der Waals surface area contributed by atoms with E-state index in [4.69, 9.17) is 10.5 Å². The molecule has 1 atom stereocenters. The molecule has 2 aliphatic rings. The number of nitrogens with zero attached hydrogens (tertiary/aromatic N) is 1. The van der Waals surface area contributed by atoms with Crippen molar-refractivity contribution in [2.45, 2.75) is 43.7 Å². The summed E-state index contributed by atoms with van der Waals surface area (Å²) in [5.74, 6) is 1.31. The zero-order valence-corrected chi connectivity index (χ0v) is 12.2. The molecule has 1 heterocycles. The predicted octanol–water partition coefficient (Wildman–Crippen LogP) is 1.72. The van der Waals surface area contributed by atoms with Gasteiger partial charge < -0.3 is 20.9 Å². The average Bonchev–Trinajstić information content (AvgIpc) is 2.93. The molecule has 1 aliphatic carbocycles. The Morgan fingerprint density at radius 1 is 1.38 bits per heavy atom. The molecule has 3 rings (SSSR count). The monoisotopic (exact) mass is 289 g/mol. The maximum Gasteiger partial charge on any atom is 0.189 e. The zero-order valence-electron chi connectivity index (χ0n) is 12.2. The van der Waals surface area contributed by atoms with Gasteiger partial charge in [0.1, 0.15) is 5.75 Å². The molecule has 0 bridgehead atoms. The lowest BCUT2D eigenvalue weighted by atomic mass is 10.0. The first kappa shape index (κ1) is 14.2. The molecule has 5 nitrogen and oxygen atoms in total. The Bertz CT molecular complexity index is 524. The van der Waals surface area contributed by atoms with Crippen LogP contribution in [-0.4, -0.2) is 29.8 Å². The number of aliphatic imine (C=N–C) groups is 1. The molecular weight excluding hydrogens is 266 g/mol. The molecule has 4 N–H and O–H groups in total.